The van der Waals surface area contributed by atoms with Gasteiger partial charge in [-0.3, -0.25) is 20.5 Å². The van der Waals surface area contributed by atoms with Crippen LogP contribution in [0.4, 0.5) is 11.4 Å². The Morgan fingerprint density at radius 3 is 2.85 bits per heavy atom. The van der Waals surface area contributed by atoms with Crippen LogP contribution in [0, 0.1) is 10.1 Å². The number of nitrogens with one attached hydrogen (secondary N) is 1. The van der Waals surface area contributed by atoms with Crippen molar-refractivity contribution in [1.29, 1.82) is 0 Å². The molecule has 26 heavy (non-hydrogen) atoms. The van der Waals surface area contributed by atoms with E-state index in [4.69, 9.17) is 21.1 Å². The lowest BCUT2D eigenvalue weighted by atomic mass is 10.1. The van der Waals surface area contributed by atoms with Crippen molar-refractivity contribution in [3.8, 4) is 11.5 Å². The molecule has 1 aliphatic rings. The van der Waals surface area contributed by atoms with Crippen molar-refractivity contribution in [2.24, 2.45) is 5.10 Å². The first-order chi connectivity index (χ1) is 12.6. The van der Waals surface area contributed by atoms with Gasteiger partial charge in [0.25, 0.3) is 5.69 Å². The third-order valence-electron chi connectivity index (χ3n) is 3.81. The Labute approximate surface area is 152 Å². The Morgan fingerprint density at radius 2 is 2.04 bits per heavy atom. The minimum absolute atomic E-state index is 0.0386. The molecule has 1 aliphatic heterocycles. The van der Waals surface area contributed by atoms with Crippen LogP contribution in [0.25, 0.3) is 10.9 Å². The average Bonchev–Trinajstić information content (AvgIpc) is 3.08. The molecule has 0 spiro atoms. The molecule has 0 saturated carbocycles. The predicted molar refractivity (Wildman–Crippen MR) is 97.2 cm³/mol. The minimum atomic E-state index is -0.493. The third kappa shape index (κ3) is 2.98. The molecule has 9 heteroatoms. The predicted octanol–water partition coefficient (Wildman–Crippen LogP) is 3.97. The van der Waals surface area contributed by atoms with E-state index < -0.39 is 4.92 Å². The van der Waals surface area contributed by atoms with Gasteiger partial charge in [-0.15, -0.1) is 0 Å². The summed E-state index contributed by atoms with van der Waals surface area (Å²) in [6.07, 6.45) is 2.99. The zero-order chi connectivity index (χ0) is 18.1. The number of hydrazone groups is 1. The number of pyridine rings is 1. The summed E-state index contributed by atoms with van der Waals surface area (Å²) in [4.78, 5) is 15.0. The van der Waals surface area contributed by atoms with Gasteiger partial charge in [0.1, 0.15) is 0 Å². The SMILES string of the molecule is O=[N+]([O-])c1cc2c(cc1/C=N\Nc1ccnc3cc(Cl)ccc13)OCO2. The van der Waals surface area contributed by atoms with Crippen LogP contribution in [0.1, 0.15) is 5.56 Å². The van der Waals surface area contributed by atoms with E-state index in [1.807, 2.05) is 6.07 Å². The van der Waals surface area contributed by atoms with Crippen LogP contribution in [-0.4, -0.2) is 22.9 Å². The maximum absolute atomic E-state index is 11.3. The van der Waals surface area contributed by atoms with E-state index in [1.165, 1.54) is 18.3 Å². The Bertz CT molecular complexity index is 1050. The van der Waals surface area contributed by atoms with Gasteiger partial charge < -0.3 is 9.47 Å². The molecule has 2 aromatic carbocycles. The van der Waals surface area contributed by atoms with Crippen LogP contribution in [0.5, 0.6) is 11.5 Å². The van der Waals surface area contributed by atoms with Gasteiger partial charge >= 0.3 is 0 Å². The Morgan fingerprint density at radius 1 is 1.23 bits per heavy atom. The maximum Gasteiger partial charge on any atom is 0.282 e. The van der Waals surface area contributed by atoms with Gasteiger partial charge in [-0.1, -0.05) is 11.6 Å². The van der Waals surface area contributed by atoms with E-state index in [9.17, 15) is 10.1 Å². The molecule has 0 fully saturated rings. The number of hydrogen-bond acceptors (Lipinski definition) is 7. The summed E-state index contributed by atoms with van der Waals surface area (Å²) in [6.45, 7) is 0.0386. The summed E-state index contributed by atoms with van der Waals surface area (Å²) < 4.78 is 10.4. The molecule has 8 nitrogen and oxygen atoms in total. The number of nitrogens with zero attached hydrogens (tertiary/aromatic N) is 3. The second-order valence-corrected chi connectivity index (χ2v) is 5.85. The normalized spacial score (nSPS) is 12.7. The summed E-state index contributed by atoms with van der Waals surface area (Å²) in [5, 5.41) is 16.8. The first-order valence-electron chi connectivity index (χ1n) is 7.53. The Balaban J connectivity index is 1.65. The molecule has 130 valence electrons. The number of rotatable bonds is 4. The van der Waals surface area contributed by atoms with Gasteiger partial charge in [0, 0.05) is 16.6 Å². The highest BCUT2D eigenvalue weighted by atomic mass is 35.5. The van der Waals surface area contributed by atoms with Crippen molar-refractivity contribution in [2.75, 3.05) is 12.2 Å². The maximum atomic E-state index is 11.3. The number of benzene rings is 2. The molecule has 0 saturated heterocycles. The first-order valence-corrected chi connectivity index (χ1v) is 7.91. The van der Waals surface area contributed by atoms with E-state index in [2.05, 4.69) is 15.5 Å². The lowest BCUT2D eigenvalue weighted by Crippen LogP contribution is -1.97. The third-order valence-corrected chi connectivity index (χ3v) is 4.05. The van der Waals surface area contributed by atoms with Crippen LogP contribution >= 0.6 is 11.6 Å². The Hall–Kier alpha value is -3.39. The molecule has 1 aromatic heterocycles. The largest absolute Gasteiger partial charge is 0.454 e. The summed E-state index contributed by atoms with van der Waals surface area (Å²) in [5.74, 6) is 0.792. The lowest BCUT2D eigenvalue weighted by molar-refractivity contribution is -0.385. The van der Waals surface area contributed by atoms with E-state index in [0.29, 0.717) is 33.3 Å². The summed E-state index contributed by atoms with van der Waals surface area (Å²) >= 11 is 5.97. The molecule has 4 rings (SSSR count). The second kappa shape index (κ2) is 6.49. The number of hydrogen-bond donors (Lipinski definition) is 1. The van der Waals surface area contributed by atoms with Crippen LogP contribution in [0.15, 0.2) is 47.7 Å². The minimum Gasteiger partial charge on any atom is -0.454 e. The standard InChI is InChI=1S/C17H11ClN4O4/c18-11-1-2-12-13(3-4-19-14(12)6-11)21-20-8-10-5-16-17(26-9-25-16)7-15(10)22(23)24/h1-8H,9H2,(H,19,21)/b20-8-. The number of fused-ring (bicyclic) bond motifs is 2. The van der Waals surface area contributed by atoms with E-state index >= 15 is 0 Å². The Kier molecular flexibility index (Phi) is 4.02. The van der Waals surface area contributed by atoms with E-state index in [1.54, 1.807) is 24.4 Å². The fourth-order valence-corrected chi connectivity index (χ4v) is 2.76. The van der Waals surface area contributed by atoms with Crippen LogP contribution in [0.3, 0.4) is 0 Å². The number of halogens is 1. The number of ether oxygens (including phenoxy) is 2. The van der Waals surface area contributed by atoms with Crippen LogP contribution in [-0.2, 0) is 0 Å². The summed E-state index contributed by atoms with van der Waals surface area (Å²) in [5.41, 5.74) is 4.48. The molecule has 0 atom stereocenters. The fourth-order valence-electron chi connectivity index (χ4n) is 2.60. The zero-order valence-corrected chi connectivity index (χ0v) is 13.9. The van der Waals surface area contributed by atoms with Crippen molar-refractivity contribution in [3.63, 3.8) is 0 Å². The molecule has 0 amide bonds. The van der Waals surface area contributed by atoms with E-state index in [-0.39, 0.29) is 12.5 Å². The first kappa shape index (κ1) is 16.1. The zero-order valence-electron chi connectivity index (χ0n) is 13.2. The lowest BCUT2D eigenvalue weighted by Gasteiger charge is -2.05. The highest BCUT2D eigenvalue weighted by molar-refractivity contribution is 6.31. The monoisotopic (exact) mass is 370 g/mol. The van der Waals surface area contributed by atoms with Crippen molar-refractivity contribution >= 4 is 40.1 Å². The average molecular weight is 371 g/mol. The van der Waals surface area contributed by atoms with Gasteiger partial charge in [0.15, 0.2) is 11.5 Å². The molecule has 0 bridgehead atoms. The van der Waals surface area contributed by atoms with Gasteiger partial charge in [0.2, 0.25) is 6.79 Å². The molecule has 1 N–H and O–H groups in total. The van der Waals surface area contributed by atoms with Gasteiger partial charge in [-0.05, 0) is 30.3 Å². The van der Waals surface area contributed by atoms with Crippen molar-refractivity contribution in [3.05, 3.63) is 63.3 Å². The highest BCUT2D eigenvalue weighted by Gasteiger charge is 2.22. The molecule has 0 aliphatic carbocycles. The topological polar surface area (TPSA) is 98.9 Å². The number of nitro benzene ring substituents is 1. The summed E-state index contributed by atoms with van der Waals surface area (Å²) in [6, 6.07) is 9.92. The van der Waals surface area contributed by atoms with Crippen LogP contribution < -0.4 is 14.9 Å². The molecule has 2 heterocycles. The van der Waals surface area contributed by atoms with Crippen molar-refractivity contribution < 1.29 is 14.4 Å². The molecular weight excluding hydrogens is 360 g/mol. The molecule has 0 radical (unpaired) electrons. The molecule has 3 aromatic rings. The smallest absolute Gasteiger partial charge is 0.282 e. The summed E-state index contributed by atoms with van der Waals surface area (Å²) in [7, 11) is 0. The van der Waals surface area contributed by atoms with E-state index in [0.717, 1.165) is 5.39 Å². The number of aromatic nitrogens is 1. The molecular formula is C17H11ClN4O4. The number of nitro groups is 1. The van der Waals surface area contributed by atoms with Gasteiger partial charge in [0.05, 0.1) is 34.0 Å². The molecule has 0 unspecified atom stereocenters. The fraction of sp³-hybridized carbons (Fsp3) is 0.0588. The quantitative estimate of drug-likeness (QED) is 0.424. The highest BCUT2D eigenvalue weighted by Crippen LogP contribution is 2.37. The second-order valence-electron chi connectivity index (χ2n) is 5.41. The van der Waals surface area contributed by atoms with Crippen LogP contribution in [0.2, 0.25) is 5.02 Å². The van der Waals surface area contributed by atoms with Crippen molar-refractivity contribution in [2.45, 2.75) is 0 Å². The number of anilines is 1. The van der Waals surface area contributed by atoms with Crippen molar-refractivity contribution in [1.82, 2.24) is 4.98 Å². The van der Waals surface area contributed by atoms with Gasteiger partial charge in [-0.25, -0.2) is 0 Å². The van der Waals surface area contributed by atoms with Gasteiger partial charge in [-0.2, -0.15) is 5.10 Å².